The number of aliphatic hydroxyl groups excluding tert-OH is 2. The largest absolute Gasteiger partial charge is 0.469 e. The molecule has 136 valence electrons. The van der Waals surface area contributed by atoms with Crippen LogP contribution in [0.25, 0.3) is 10.8 Å². The molecular formula is C19H22Cl2O4. The molecule has 0 bridgehead atoms. The molecular weight excluding hydrogens is 363 g/mol. The van der Waals surface area contributed by atoms with E-state index in [4.69, 9.17) is 23.2 Å². The van der Waals surface area contributed by atoms with Crippen molar-refractivity contribution in [2.45, 2.75) is 44.8 Å². The SMILES string of the molecule is COC(=O)CC(O)CC(O)CCc1c(C)cc(Cl)c2ccc(Cl)cc12. The Morgan fingerprint density at radius 3 is 2.56 bits per heavy atom. The van der Waals surface area contributed by atoms with Crippen LogP contribution in [0.5, 0.6) is 0 Å². The normalized spacial score (nSPS) is 13.7. The van der Waals surface area contributed by atoms with E-state index in [1.807, 2.05) is 25.1 Å². The number of methoxy groups -OCH3 is 1. The number of rotatable bonds is 7. The van der Waals surface area contributed by atoms with Crippen molar-refractivity contribution >= 4 is 39.9 Å². The number of hydrogen-bond donors (Lipinski definition) is 2. The van der Waals surface area contributed by atoms with Crippen molar-refractivity contribution in [2.24, 2.45) is 0 Å². The van der Waals surface area contributed by atoms with E-state index < -0.39 is 18.2 Å². The molecule has 6 heteroatoms. The fraction of sp³-hybridized carbons (Fsp3) is 0.421. The maximum Gasteiger partial charge on any atom is 0.308 e. The molecule has 0 spiro atoms. The average molecular weight is 385 g/mol. The second-order valence-electron chi connectivity index (χ2n) is 6.21. The number of fused-ring (bicyclic) bond motifs is 1. The van der Waals surface area contributed by atoms with Gasteiger partial charge in [-0.3, -0.25) is 4.79 Å². The van der Waals surface area contributed by atoms with E-state index >= 15 is 0 Å². The highest BCUT2D eigenvalue weighted by Crippen LogP contribution is 2.32. The number of aryl methyl sites for hydroxylation is 2. The maximum atomic E-state index is 11.1. The standard InChI is InChI=1S/C19H22Cl2O4/c1-11-7-18(21)16-5-3-12(20)8-17(16)15(11)6-4-13(22)9-14(23)10-19(24)25-2/h3,5,7-8,13-14,22-23H,4,6,9-10H2,1-2H3. The first-order valence-corrected chi connectivity index (χ1v) is 8.87. The van der Waals surface area contributed by atoms with E-state index in [2.05, 4.69) is 4.74 Å². The van der Waals surface area contributed by atoms with Gasteiger partial charge >= 0.3 is 5.97 Å². The zero-order valence-electron chi connectivity index (χ0n) is 14.3. The lowest BCUT2D eigenvalue weighted by atomic mass is 9.94. The minimum atomic E-state index is -0.917. The second kappa shape index (κ2) is 8.86. The number of halogens is 2. The molecule has 2 aromatic rings. The highest BCUT2D eigenvalue weighted by Gasteiger charge is 2.17. The van der Waals surface area contributed by atoms with Crippen molar-refractivity contribution in [1.82, 2.24) is 0 Å². The number of benzene rings is 2. The van der Waals surface area contributed by atoms with Crippen LogP contribution in [0.15, 0.2) is 24.3 Å². The van der Waals surface area contributed by atoms with E-state index in [-0.39, 0.29) is 12.8 Å². The van der Waals surface area contributed by atoms with Gasteiger partial charge in [0.05, 0.1) is 25.7 Å². The highest BCUT2D eigenvalue weighted by atomic mass is 35.5. The number of carbonyl (C=O) groups excluding carboxylic acids is 1. The Kier molecular flexibility index (Phi) is 7.08. The smallest absolute Gasteiger partial charge is 0.308 e. The molecule has 0 aromatic heterocycles. The third-order valence-corrected chi connectivity index (χ3v) is 4.83. The predicted octanol–water partition coefficient (Wildman–Crippen LogP) is 4.06. The van der Waals surface area contributed by atoms with Crippen LogP contribution in [0, 0.1) is 6.92 Å². The summed E-state index contributed by atoms with van der Waals surface area (Å²) in [6, 6.07) is 7.47. The van der Waals surface area contributed by atoms with E-state index in [0.717, 1.165) is 21.9 Å². The molecule has 2 aromatic carbocycles. The van der Waals surface area contributed by atoms with Crippen molar-refractivity contribution in [3.8, 4) is 0 Å². The Labute approximate surface area is 157 Å². The Hall–Kier alpha value is -1.33. The van der Waals surface area contributed by atoms with E-state index in [1.165, 1.54) is 7.11 Å². The third-order valence-electron chi connectivity index (χ3n) is 4.28. The van der Waals surface area contributed by atoms with Crippen molar-refractivity contribution < 1.29 is 19.7 Å². The topological polar surface area (TPSA) is 66.8 Å². The second-order valence-corrected chi connectivity index (χ2v) is 7.05. The molecule has 4 nitrogen and oxygen atoms in total. The van der Waals surface area contributed by atoms with E-state index in [9.17, 15) is 15.0 Å². The summed E-state index contributed by atoms with van der Waals surface area (Å²) < 4.78 is 4.51. The number of hydrogen-bond acceptors (Lipinski definition) is 4. The van der Waals surface area contributed by atoms with Crippen molar-refractivity contribution in [3.63, 3.8) is 0 Å². The van der Waals surface area contributed by atoms with Crippen LogP contribution in [0.1, 0.15) is 30.4 Å². The quantitative estimate of drug-likeness (QED) is 0.706. The van der Waals surface area contributed by atoms with Crippen molar-refractivity contribution in [1.29, 1.82) is 0 Å². The van der Waals surface area contributed by atoms with Gasteiger partial charge in [0.1, 0.15) is 0 Å². The summed E-state index contributed by atoms with van der Waals surface area (Å²) in [6.45, 7) is 1.97. The van der Waals surface area contributed by atoms with Gasteiger partial charge in [0.2, 0.25) is 0 Å². The Bertz CT molecular complexity index is 761. The predicted molar refractivity (Wildman–Crippen MR) is 100 cm³/mol. The van der Waals surface area contributed by atoms with Gasteiger partial charge in [0.15, 0.2) is 0 Å². The average Bonchev–Trinajstić information content (AvgIpc) is 2.53. The molecule has 0 aliphatic heterocycles. The zero-order chi connectivity index (χ0) is 18.6. The van der Waals surface area contributed by atoms with Gasteiger partial charge in [-0.1, -0.05) is 29.3 Å². The number of aliphatic hydroxyl groups is 2. The minimum Gasteiger partial charge on any atom is -0.469 e. The van der Waals surface area contributed by atoms with Gasteiger partial charge in [-0.2, -0.15) is 0 Å². The van der Waals surface area contributed by atoms with Crippen molar-refractivity contribution in [3.05, 3.63) is 45.4 Å². The molecule has 2 unspecified atom stereocenters. The lowest BCUT2D eigenvalue weighted by molar-refractivity contribution is -0.143. The highest BCUT2D eigenvalue weighted by molar-refractivity contribution is 6.36. The molecule has 0 amide bonds. The van der Waals surface area contributed by atoms with Crippen LogP contribution in [-0.2, 0) is 16.0 Å². The fourth-order valence-electron chi connectivity index (χ4n) is 2.98. The Morgan fingerprint density at radius 1 is 1.16 bits per heavy atom. The van der Waals surface area contributed by atoms with Gasteiger partial charge in [0.25, 0.3) is 0 Å². The lowest BCUT2D eigenvalue weighted by Gasteiger charge is -2.17. The zero-order valence-corrected chi connectivity index (χ0v) is 15.8. The van der Waals surface area contributed by atoms with E-state index in [0.29, 0.717) is 22.9 Å². The van der Waals surface area contributed by atoms with Gasteiger partial charge in [-0.05, 0) is 60.9 Å². The summed E-state index contributed by atoms with van der Waals surface area (Å²) in [5.74, 6) is -0.492. The number of ether oxygens (including phenoxy) is 1. The molecule has 0 saturated heterocycles. The molecule has 0 fully saturated rings. The third kappa shape index (κ3) is 5.32. The molecule has 0 aliphatic rings. The first kappa shape index (κ1) is 20.0. The summed E-state index contributed by atoms with van der Waals surface area (Å²) in [5.41, 5.74) is 2.10. The molecule has 0 saturated carbocycles. The number of carbonyl (C=O) groups is 1. The van der Waals surface area contributed by atoms with Gasteiger partial charge in [-0.25, -0.2) is 0 Å². The first-order valence-electron chi connectivity index (χ1n) is 8.12. The van der Waals surface area contributed by atoms with Crippen LogP contribution in [0.3, 0.4) is 0 Å². The summed E-state index contributed by atoms with van der Waals surface area (Å²) in [7, 11) is 1.27. The molecule has 2 N–H and O–H groups in total. The summed E-state index contributed by atoms with van der Waals surface area (Å²) in [5, 5.41) is 23.2. The first-order chi connectivity index (χ1) is 11.8. The number of esters is 1. The molecule has 2 rings (SSSR count). The summed E-state index contributed by atoms with van der Waals surface area (Å²) >= 11 is 12.4. The Morgan fingerprint density at radius 2 is 1.88 bits per heavy atom. The van der Waals surface area contributed by atoms with Crippen LogP contribution >= 0.6 is 23.2 Å². The minimum absolute atomic E-state index is 0.119. The molecule has 0 heterocycles. The van der Waals surface area contributed by atoms with Crippen LogP contribution in [0.2, 0.25) is 10.0 Å². The fourth-order valence-corrected chi connectivity index (χ4v) is 3.48. The van der Waals surface area contributed by atoms with Gasteiger partial charge < -0.3 is 14.9 Å². The van der Waals surface area contributed by atoms with E-state index in [1.54, 1.807) is 6.07 Å². The summed E-state index contributed by atoms with van der Waals surface area (Å²) in [4.78, 5) is 11.1. The van der Waals surface area contributed by atoms with Gasteiger partial charge in [-0.15, -0.1) is 0 Å². The van der Waals surface area contributed by atoms with Crippen LogP contribution in [-0.4, -0.2) is 35.5 Å². The molecule has 2 atom stereocenters. The van der Waals surface area contributed by atoms with Crippen LogP contribution in [0.4, 0.5) is 0 Å². The maximum absolute atomic E-state index is 11.1. The van der Waals surface area contributed by atoms with Crippen molar-refractivity contribution in [2.75, 3.05) is 7.11 Å². The lowest BCUT2D eigenvalue weighted by Crippen LogP contribution is -2.21. The monoisotopic (exact) mass is 384 g/mol. The molecule has 0 radical (unpaired) electrons. The van der Waals surface area contributed by atoms with Gasteiger partial charge in [0, 0.05) is 15.4 Å². The molecule has 25 heavy (non-hydrogen) atoms. The molecule has 0 aliphatic carbocycles. The Balaban J connectivity index is 2.10. The summed E-state index contributed by atoms with van der Waals surface area (Å²) in [6.07, 6.45) is -0.551. The van der Waals surface area contributed by atoms with Crippen LogP contribution < -0.4 is 0 Å².